The smallest absolute Gasteiger partial charge is 0.238 e. The number of hydrogen-bond acceptors (Lipinski definition) is 5. The molecule has 2 aromatic rings. The van der Waals surface area contributed by atoms with E-state index in [-0.39, 0.29) is 10.6 Å². The van der Waals surface area contributed by atoms with Crippen molar-refractivity contribution in [1.29, 1.82) is 0 Å². The van der Waals surface area contributed by atoms with E-state index in [1.807, 2.05) is 32.0 Å². The molecule has 2 N–H and O–H groups in total. The lowest BCUT2D eigenvalue weighted by molar-refractivity contribution is 0.135. The van der Waals surface area contributed by atoms with Crippen LogP contribution in [0.4, 0.5) is 0 Å². The maximum absolute atomic E-state index is 5.95. The molecule has 0 fully saturated rings. The van der Waals surface area contributed by atoms with Gasteiger partial charge in [0.15, 0.2) is 11.5 Å². The Balaban J connectivity index is 1.87. The first-order chi connectivity index (χ1) is 9.94. The van der Waals surface area contributed by atoms with Gasteiger partial charge in [0.25, 0.3) is 0 Å². The molecule has 2 heterocycles. The molecular formula is C15H15N3O2S. The molecule has 1 aromatic carbocycles. The molecule has 6 heteroatoms. The molecular weight excluding hydrogens is 286 g/mol. The summed E-state index contributed by atoms with van der Waals surface area (Å²) in [7, 11) is 0. The Morgan fingerprint density at radius 1 is 1.33 bits per heavy atom. The van der Waals surface area contributed by atoms with E-state index >= 15 is 0 Å². The second-order valence-corrected chi connectivity index (χ2v) is 5.93. The number of benzene rings is 1. The average molecular weight is 301 g/mol. The summed E-state index contributed by atoms with van der Waals surface area (Å²) in [5.41, 5.74) is 6.86. The van der Waals surface area contributed by atoms with Gasteiger partial charge in [-0.1, -0.05) is 24.4 Å². The summed E-state index contributed by atoms with van der Waals surface area (Å²) in [5.74, 6) is 1.77. The minimum atomic E-state index is -0.219. The van der Waals surface area contributed by atoms with Crippen LogP contribution < -0.4 is 15.2 Å². The molecule has 0 saturated carbocycles. The first kappa shape index (κ1) is 13.8. The highest BCUT2D eigenvalue weighted by atomic mass is 32.1. The van der Waals surface area contributed by atoms with Gasteiger partial charge in [-0.2, -0.15) is 0 Å². The van der Waals surface area contributed by atoms with Crippen LogP contribution in [-0.4, -0.2) is 20.6 Å². The molecule has 0 radical (unpaired) electrons. The van der Waals surface area contributed by atoms with Crippen LogP contribution in [-0.2, 0) is 6.42 Å². The molecule has 21 heavy (non-hydrogen) atoms. The molecule has 108 valence electrons. The van der Waals surface area contributed by atoms with Crippen molar-refractivity contribution in [2.75, 3.05) is 0 Å². The largest absolute Gasteiger partial charge is 0.483 e. The van der Waals surface area contributed by atoms with Gasteiger partial charge in [0.05, 0.1) is 12.4 Å². The van der Waals surface area contributed by atoms with Crippen LogP contribution in [0.5, 0.6) is 17.4 Å². The van der Waals surface area contributed by atoms with Gasteiger partial charge in [-0.25, -0.2) is 9.97 Å². The Bertz CT molecular complexity index is 699. The van der Waals surface area contributed by atoms with E-state index in [2.05, 4.69) is 9.97 Å². The predicted octanol–water partition coefficient (Wildman–Crippen LogP) is 2.62. The Labute approximate surface area is 128 Å². The molecule has 5 nitrogen and oxygen atoms in total. The Hall–Kier alpha value is -2.21. The number of para-hydroxylation sites is 1. The van der Waals surface area contributed by atoms with Crippen molar-refractivity contribution < 1.29 is 9.47 Å². The van der Waals surface area contributed by atoms with Crippen LogP contribution in [0.2, 0.25) is 0 Å². The lowest BCUT2D eigenvalue weighted by Crippen LogP contribution is -2.24. The lowest BCUT2D eigenvalue weighted by atomic mass is 10.0. The van der Waals surface area contributed by atoms with Gasteiger partial charge in [0.2, 0.25) is 5.88 Å². The van der Waals surface area contributed by atoms with Crippen molar-refractivity contribution in [1.82, 2.24) is 9.97 Å². The Morgan fingerprint density at radius 2 is 2.14 bits per heavy atom. The monoisotopic (exact) mass is 301 g/mol. The number of fused-ring (bicyclic) bond motifs is 1. The second-order valence-electron chi connectivity index (χ2n) is 5.49. The zero-order chi connectivity index (χ0) is 15.0. The molecule has 0 amide bonds. The highest BCUT2D eigenvalue weighted by Gasteiger charge is 2.32. The molecule has 0 aliphatic carbocycles. The Kier molecular flexibility index (Phi) is 3.25. The van der Waals surface area contributed by atoms with Crippen LogP contribution in [0, 0.1) is 0 Å². The van der Waals surface area contributed by atoms with Crippen LogP contribution in [0.1, 0.15) is 25.1 Å². The summed E-state index contributed by atoms with van der Waals surface area (Å²) in [6, 6.07) is 5.83. The third kappa shape index (κ3) is 2.80. The van der Waals surface area contributed by atoms with Crippen LogP contribution >= 0.6 is 12.2 Å². The van der Waals surface area contributed by atoms with E-state index in [0.717, 1.165) is 17.7 Å². The number of rotatable bonds is 3. The maximum Gasteiger partial charge on any atom is 0.238 e. The highest BCUT2D eigenvalue weighted by Crippen LogP contribution is 2.42. The van der Waals surface area contributed by atoms with Crippen molar-refractivity contribution in [3.63, 3.8) is 0 Å². The molecule has 1 aliphatic heterocycles. The normalized spacial score (nSPS) is 15.1. The third-order valence-corrected chi connectivity index (χ3v) is 3.36. The number of aromatic nitrogens is 2. The quantitative estimate of drug-likeness (QED) is 0.879. The van der Waals surface area contributed by atoms with Crippen molar-refractivity contribution in [3.05, 3.63) is 41.9 Å². The number of thiocarbonyl (C=S) groups is 1. The molecule has 1 aliphatic rings. The summed E-state index contributed by atoms with van der Waals surface area (Å²) >= 11 is 4.84. The molecule has 0 unspecified atom stereocenters. The van der Waals surface area contributed by atoms with Crippen molar-refractivity contribution in [2.24, 2.45) is 5.73 Å². The van der Waals surface area contributed by atoms with Gasteiger partial charge in [-0.3, -0.25) is 0 Å². The van der Waals surface area contributed by atoms with E-state index in [9.17, 15) is 0 Å². The van der Waals surface area contributed by atoms with Gasteiger partial charge in [-0.15, -0.1) is 0 Å². The van der Waals surface area contributed by atoms with E-state index in [1.165, 1.54) is 12.4 Å². The first-order valence-electron chi connectivity index (χ1n) is 6.55. The standard InChI is InChI=1S/C15H15N3O2S/c1-15(2)6-9-4-3-5-11(13(9)20-15)19-12-8-17-10(7-18-12)14(16)21/h3-5,7-8H,6H2,1-2H3,(H2,16,21). The maximum atomic E-state index is 5.95. The molecule has 0 saturated heterocycles. The van der Waals surface area contributed by atoms with E-state index in [0.29, 0.717) is 17.3 Å². The van der Waals surface area contributed by atoms with E-state index in [1.54, 1.807) is 0 Å². The fourth-order valence-corrected chi connectivity index (χ4v) is 2.38. The minimum Gasteiger partial charge on any atom is -0.483 e. The summed E-state index contributed by atoms with van der Waals surface area (Å²) in [6.45, 7) is 4.10. The number of hydrogen-bond donors (Lipinski definition) is 1. The number of nitrogens with zero attached hydrogens (tertiary/aromatic N) is 2. The van der Waals surface area contributed by atoms with E-state index in [4.69, 9.17) is 27.4 Å². The summed E-state index contributed by atoms with van der Waals surface area (Å²) in [6.07, 6.45) is 3.84. The van der Waals surface area contributed by atoms with Crippen LogP contribution in [0.25, 0.3) is 0 Å². The molecule has 0 bridgehead atoms. The lowest BCUT2D eigenvalue weighted by Gasteiger charge is -2.18. The van der Waals surface area contributed by atoms with Crippen LogP contribution in [0.3, 0.4) is 0 Å². The zero-order valence-electron chi connectivity index (χ0n) is 11.8. The van der Waals surface area contributed by atoms with Crippen molar-refractivity contribution >= 4 is 17.2 Å². The first-order valence-corrected chi connectivity index (χ1v) is 6.96. The molecule has 1 aromatic heterocycles. The molecule has 0 spiro atoms. The van der Waals surface area contributed by atoms with Gasteiger partial charge < -0.3 is 15.2 Å². The third-order valence-electron chi connectivity index (χ3n) is 3.15. The van der Waals surface area contributed by atoms with Gasteiger partial charge >= 0.3 is 0 Å². The topological polar surface area (TPSA) is 70.3 Å². The minimum absolute atomic E-state index is 0.208. The Morgan fingerprint density at radius 3 is 2.81 bits per heavy atom. The number of nitrogens with two attached hydrogens (primary N) is 1. The molecule has 0 atom stereocenters. The number of ether oxygens (including phenoxy) is 2. The molecule has 3 rings (SSSR count). The SMILES string of the molecule is CC1(C)Cc2cccc(Oc3cnc(C(N)=S)cn3)c2O1. The van der Waals surface area contributed by atoms with Crippen LogP contribution in [0.15, 0.2) is 30.6 Å². The summed E-state index contributed by atoms with van der Waals surface area (Å²) < 4.78 is 11.7. The van der Waals surface area contributed by atoms with Gasteiger partial charge in [0.1, 0.15) is 16.3 Å². The van der Waals surface area contributed by atoms with Gasteiger partial charge in [0, 0.05) is 12.0 Å². The average Bonchev–Trinajstić information content (AvgIpc) is 2.74. The van der Waals surface area contributed by atoms with E-state index < -0.39 is 0 Å². The summed E-state index contributed by atoms with van der Waals surface area (Å²) in [4.78, 5) is 8.46. The fourth-order valence-electron chi connectivity index (χ4n) is 2.28. The zero-order valence-corrected chi connectivity index (χ0v) is 12.6. The van der Waals surface area contributed by atoms with Gasteiger partial charge in [-0.05, 0) is 19.9 Å². The highest BCUT2D eigenvalue weighted by molar-refractivity contribution is 7.80. The summed E-state index contributed by atoms with van der Waals surface area (Å²) in [5, 5.41) is 0. The van der Waals surface area contributed by atoms with Crippen molar-refractivity contribution in [2.45, 2.75) is 25.9 Å². The predicted molar refractivity (Wildman–Crippen MR) is 82.8 cm³/mol. The van der Waals surface area contributed by atoms with Crippen molar-refractivity contribution in [3.8, 4) is 17.4 Å². The fraction of sp³-hybridized carbons (Fsp3) is 0.267. The second kappa shape index (κ2) is 4.96.